The molecule has 3 heteroatoms. The molecule has 0 amide bonds. The third kappa shape index (κ3) is 7.97. The van der Waals surface area contributed by atoms with Crippen LogP contribution in [0.3, 0.4) is 0 Å². The van der Waals surface area contributed by atoms with Crippen LogP contribution in [-0.2, 0) is 10.8 Å². The molecule has 2 nitrogen and oxygen atoms in total. The van der Waals surface area contributed by atoms with Crippen molar-refractivity contribution in [2.24, 2.45) is 5.92 Å². The zero-order valence-corrected chi connectivity index (χ0v) is 11.5. The summed E-state index contributed by atoms with van der Waals surface area (Å²) in [5.74, 6) is 2.37. The highest BCUT2D eigenvalue weighted by Gasteiger charge is 2.07. The van der Waals surface area contributed by atoms with Crippen molar-refractivity contribution < 1.29 is 4.21 Å². The van der Waals surface area contributed by atoms with Gasteiger partial charge in [-0.3, -0.25) is 4.21 Å². The van der Waals surface area contributed by atoms with Gasteiger partial charge in [-0.15, -0.1) is 0 Å². The van der Waals surface area contributed by atoms with Crippen molar-refractivity contribution in [3.63, 3.8) is 0 Å². The van der Waals surface area contributed by atoms with Gasteiger partial charge in [0.1, 0.15) is 0 Å². The number of rotatable bonds is 9. The normalized spacial score (nSPS) is 17.3. The SMILES string of the molecule is CCC(C)CS(=O)CCCC(CC)NC. The van der Waals surface area contributed by atoms with Crippen LogP contribution in [0.4, 0.5) is 0 Å². The van der Waals surface area contributed by atoms with Gasteiger partial charge in [0.05, 0.1) is 0 Å². The Balaban J connectivity index is 3.54. The summed E-state index contributed by atoms with van der Waals surface area (Å²) >= 11 is 0. The maximum atomic E-state index is 11.7. The predicted molar refractivity (Wildman–Crippen MR) is 69.7 cm³/mol. The lowest BCUT2D eigenvalue weighted by molar-refractivity contribution is 0.503. The Bertz CT molecular complexity index is 169. The van der Waals surface area contributed by atoms with Crippen LogP contribution in [0.15, 0.2) is 0 Å². The zero-order chi connectivity index (χ0) is 11.7. The molecule has 0 saturated heterocycles. The van der Waals surface area contributed by atoms with Crippen molar-refractivity contribution in [2.75, 3.05) is 18.6 Å². The van der Waals surface area contributed by atoms with Crippen molar-refractivity contribution in [3.05, 3.63) is 0 Å². The van der Waals surface area contributed by atoms with Gasteiger partial charge in [0.2, 0.25) is 0 Å². The lowest BCUT2D eigenvalue weighted by Gasteiger charge is -2.13. The van der Waals surface area contributed by atoms with Crippen LogP contribution >= 0.6 is 0 Å². The fourth-order valence-corrected chi connectivity index (χ4v) is 3.09. The Kier molecular flexibility index (Phi) is 9.41. The summed E-state index contributed by atoms with van der Waals surface area (Å²) in [6.07, 6.45) is 4.54. The molecule has 3 unspecified atom stereocenters. The van der Waals surface area contributed by atoms with Crippen molar-refractivity contribution >= 4 is 10.8 Å². The summed E-state index contributed by atoms with van der Waals surface area (Å²) in [6, 6.07) is 0.602. The van der Waals surface area contributed by atoms with E-state index in [1.165, 1.54) is 0 Å². The van der Waals surface area contributed by atoms with Gasteiger partial charge in [-0.2, -0.15) is 0 Å². The molecule has 0 radical (unpaired) electrons. The van der Waals surface area contributed by atoms with Gasteiger partial charge in [-0.05, 0) is 32.2 Å². The fourth-order valence-electron chi connectivity index (χ4n) is 1.56. The first kappa shape index (κ1) is 15.1. The van der Waals surface area contributed by atoms with Gasteiger partial charge in [0.25, 0.3) is 0 Å². The summed E-state index contributed by atoms with van der Waals surface area (Å²) < 4.78 is 11.7. The van der Waals surface area contributed by atoms with Crippen LogP contribution in [0.25, 0.3) is 0 Å². The quantitative estimate of drug-likeness (QED) is 0.663. The second-order valence-corrected chi connectivity index (χ2v) is 5.98. The summed E-state index contributed by atoms with van der Waals surface area (Å²) in [5.41, 5.74) is 0. The highest BCUT2D eigenvalue weighted by molar-refractivity contribution is 7.84. The van der Waals surface area contributed by atoms with E-state index in [9.17, 15) is 4.21 Å². The molecule has 0 bridgehead atoms. The van der Waals surface area contributed by atoms with Crippen LogP contribution in [0, 0.1) is 5.92 Å². The number of nitrogens with one attached hydrogen (secondary N) is 1. The molecule has 0 aromatic heterocycles. The molecular weight excluding hydrogens is 206 g/mol. The third-order valence-electron chi connectivity index (χ3n) is 2.99. The van der Waals surface area contributed by atoms with Gasteiger partial charge < -0.3 is 5.32 Å². The monoisotopic (exact) mass is 233 g/mol. The molecule has 0 aliphatic carbocycles. The maximum absolute atomic E-state index is 11.7. The van der Waals surface area contributed by atoms with Gasteiger partial charge in [-0.25, -0.2) is 0 Å². The second kappa shape index (κ2) is 9.34. The van der Waals surface area contributed by atoms with E-state index in [-0.39, 0.29) is 0 Å². The first-order chi connectivity index (χ1) is 7.13. The summed E-state index contributed by atoms with van der Waals surface area (Å²) in [4.78, 5) is 0. The first-order valence-electron chi connectivity index (χ1n) is 6.16. The number of hydrogen-bond donors (Lipinski definition) is 1. The highest BCUT2D eigenvalue weighted by atomic mass is 32.2. The molecule has 0 fully saturated rings. The first-order valence-corrected chi connectivity index (χ1v) is 7.65. The van der Waals surface area contributed by atoms with E-state index in [0.717, 1.165) is 37.2 Å². The topological polar surface area (TPSA) is 29.1 Å². The zero-order valence-electron chi connectivity index (χ0n) is 10.7. The van der Waals surface area contributed by atoms with E-state index in [2.05, 4.69) is 26.1 Å². The molecule has 0 heterocycles. The largest absolute Gasteiger partial charge is 0.317 e. The molecule has 0 aliphatic heterocycles. The highest BCUT2D eigenvalue weighted by Crippen LogP contribution is 2.06. The molecule has 0 aromatic rings. The molecule has 3 atom stereocenters. The predicted octanol–water partition coefficient (Wildman–Crippen LogP) is 2.56. The molecule has 15 heavy (non-hydrogen) atoms. The molecule has 92 valence electrons. The smallest absolute Gasteiger partial charge is 0.0260 e. The van der Waals surface area contributed by atoms with E-state index in [1.54, 1.807) is 0 Å². The standard InChI is InChI=1S/C12H27NOS/c1-5-11(3)10-15(14)9-7-8-12(6-2)13-4/h11-13H,5-10H2,1-4H3. The third-order valence-corrected chi connectivity index (χ3v) is 4.68. The minimum absolute atomic E-state index is 0.598. The minimum atomic E-state index is -0.598. The Labute approximate surface area is 97.7 Å². The van der Waals surface area contributed by atoms with E-state index in [1.807, 2.05) is 7.05 Å². The molecule has 0 saturated carbocycles. The second-order valence-electron chi connectivity index (χ2n) is 4.36. The average molecular weight is 233 g/mol. The van der Waals surface area contributed by atoms with E-state index < -0.39 is 10.8 Å². The molecule has 0 aliphatic rings. The minimum Gasteiger partial charge on any atom is -0.317 e. The van der Waals surface area contributed by atoms with Gasteiger partial charge >= 0.3 is 0 Å². The lowest BCUT2D eigenvalue weighted by Crippen LogP contribution is -2.24. The van der Waals surface area contributed by atoms with Crippen LogP contribution in [0.1, 0.15) is 46.5 Å². The molecule has 1 N–H and O–H groups in total. The molecule has 0 aromatic carbocycles. The Hall–Kier alpha value is 0.110. The maximum Gasteiger partial charge on any atom is 0.0260 e. The molecule has 0 rings (SSSR count). The Morgan fingerprint density at radius 3 is 2.40 bits per heavy atom. The van der Waals surface area contributed by atoms with E-state index >= 15 is 0 Å². The molecule has 0 spiro atoms. The lowest BCUT2D eigenvalue weighted by atomic mass is 10.1. The summed E-state index contributed by atoms with van der Waals surface area (Å²) in [5, 5.41) is 3.28. The fraction of sp³-hybridized carbons (Fsp3) is 1.00. The van der Waals surface area contributed by atoms with Crippen LogP contribution < -0.4 is 5.32 Å². The van der Waals surface area contributed by atoms with E-state index in [0.29, 0.717) is 12.0 Å². The van der Waals surface area contributed by atoms with Crippen molar-refractivity contribution in [1.29, 1.82) is 0 Å². The van der Waals surface area contributed by atoms with Crippen LogP contribution in [0.5, 0.6) is 0 Å². The summed E-state index contributed by atoms with van der Waals surface area (Å²) in [6.45, 7) is 6.54. The molecular formula is C12H27NOS. The van der Waals surface area contributed by atoms with Crippen molar-refractivity contribution in [2.45, 2.75) is 52.5 Å². The Morgan fingerprint density at radius 2 is 1.93 bits per heavy atom. The summed E-state index contributed by atoms with van der Waals surface area (Å²) in [7, 11) is 1.41. The van der Waals surface area contributed by atoms with Crippen molar-refractivity contribution in [3.8, 4) is 0 Å². The van der Waals surface area contributed by atoms with Gasteiger partial charge in [-0.1, -0.05) is 27.2 Å². The van der Waals surface area contributed by atoms with E-state index in [4.69, 9.17) is 0 Å². The van der Waals surface area contributed by atoms with Crippen LogP contribution in [0.2, 0.25) is 0 Å². The Morgan fingerprint density at radius 1 is 1.27 bits per heavy atom. The van der Waals surface area contributed by atoms with Gasteiger partial charge in [0.15, 0.2) is 0 Å². The van der Waals surface area contributed by atoms with Crippen molar-refractivity contribution in [1.82, 2.24) is 5.32 Å². The number of hydrogen-bond acceptors (Lipinski definition) is 2. The van der Waals surface area contributed by atoms with Crippen LogP contribution in [-0.4, -0.2) is 28.8 Å². The van der Waals surface area contributed by atoms with Gasteiger partial charge in [0, 0.05) is 28.3 Å². The average Bonchev–Trinajstić information content (AvgIpc) is 2.24.